The molecule has 0 unspecified atom stereocenters. The van der Waals surface area contributed by atoms with Crippen LogP contribution >= 0.6 is 11.3 Å². The van der Waals surface area contributed by atoms with Crippen molar-refractivity contribution in [3.05, 3.63) is 28.8 Å². The van der Waals surface area contributed by atoms with Gasteiger partial charge in [-0.25, -0.2) is 13.8 Å². The van der Waals surface area contributed by atoms with Gasteiger partial charge in [-0.2, -0.15) is 0 Å². The predicted molar refractivity (Wildman–Crippen MR) is 99.1 cm³/mol. The zero-order valence-corrected chi connectivity index (χ0v) is 15.4. The summed E-state index contributed by atoms with van der Waals surface area (Å²) in [5.74, 6) is -2.26. The number of alkyl halides is 2. The van der Waals surface area contributed by atoms with Crippen molar-refractivity contribution in [3.63, 3.8) is 0 Å². The summed E-state index contributed by atoms with van der Waals surface area (Å²) >= 11 is 1.66. The molecule has 140 valence electrons. The average molecular weight is 379 g/mol. The molecule has 1 saturated heterocycles. The molecule has 0 spiro atoms. The van der Waals surface area contributed by atoms with Gasteiger partial charge in [-0.1, -0.05) is 0 Å². The first-order valence-corrected chi connectivity index (χ1v) is 10.1. The first-order valence-electron chi connectivity index (χ1n) is 9.30. The van der Waals surface area contributed by atoms with Gasteiger partial charge in [-0.15, -0.1) is 11.3 Å². The molecule has 1 aromatic carbocycles. The number of carbonyl (C=O) groups is 1. The normalized spacial score (nSPS) is 21.8. The van der Waals surface area contributed by atoms with Crippen molar-refractivity contribution in [1.82, 2.24) is 15.6 Å². The van der Waals surface area contributed by atoms with E-state index in [0.717, 1.165) is 41.2 Å². The summed E-state index contributed by atoms with van der Waals surface area (Å²) in [6.07, 6.45) is 2.57. The number of fused-ring (bicyclic) bond motifs is 1. The molecule has 2 aliphatic rings. The molecule has 4 rings (SSSR count). The van der Waals surface area contributed by atoms with Crippen LogP contribution in [0.15, 0.2) is 18.2 Å². The standard InChI is InChI=1S/C19H23F2N3OS/c20-19(21)7-3-14(4-8-19)23-17(25)13-1-2-15-16(11-13)26-18(24-15)12-5-9-22-10-6-12/h1-2,11-12,14,22H,3-10H2,(H,23,25). The molecule has 1 saturated carbocycles. The van der Waals surface area contributed by atoms with Gasteiger partial charge in [0.05, 0.1) is 15.2 Å². The Morgan fingerprint density at radius 1 is 1.19 bits per heavy atom. The number of thiazole rings is 1. The van der Waals surface area contributed by atoms with E-state index in [1.165, 1.54) is 0 Å². The fraction of sp³-hybridized carbons (Fsp3) is 0.579. The van der Waals surface area contributed by atoms with Crippen LogP contribution in [0.3, 0.4) is 0 Å². The van der Waals surface area contributed by atoms with Gasteiger partial charge in [0.2, 0.25) is 5.92 Å². The summed E-state index contributed by atoms with van der Waals surface area (Å²) < 4.78 is 27.5. The molecule has 1 aliphatic carbocycles. The van der Waals surface area contributed by atoms with Crippen LogP contribution in [-0.4, -0.2) is 35.9 Å². The van der Waals surface area contributed by atoms with E-state index in [1.807, 2.05) is 12.1 Å². The van der Waals surface area contributed by atoms with Crippen LogP contribution in [-0.2, 0) is 0 Å². The summed E-state index contributed by atoms with van der Waals surface area (Å²) in [5.41, 5.74) is 1.51. The van der Waals surface area contributed by atoms with Crippen LogP contribution in [0.5, 0.6) is 0 Å². The molecule has 0 bridgehead atoms. The number of aromatic nitrogens is 1. The minimum atomic E-state index is -2.58. The van der Waals surface area contributed by atoms with Crippen molar-refractivity contribution in [2.75, 3.05) is 13.1 Å². The lowest BCUT2D eigenvalue weighted by Crippen LogP contribution is -2.40. The monoisotopic (exact) mass is 379 g/mol. The first-order chi connectivity index (χ1) is 12.5. The number of benzene rings is 1. The van der Waals surface area contributed by atoms with Crippen LogP contribution in [0, 0.1) is 0 Å². The number of rotatable bonds is 3. The lowest BCUT2D eigenvalue weighted by Gasteiger charge is -2.28. The van der Waals surface area contributed by atoms with Gasteiger partial charge in [0.25, 0.3) is 5.91 Å². The number of piperidine rings is 1. The van der Waals surface area contributed by atoms with Gasteiger partial charge in [-0.05, 0) is 57.0 Å². The number of amides is 1. The lowest BCUT2D eigenvalue weighted by molar-refractivity contribution is -0.0399. The van der Waals surface area contributed by atoms with Crippen molar-refractivity contribution in [3.8, 4) is 0 Å². The predicted octanol–water partition coefficient (Wildman–Crippen LogP) is 4.07. The molecule has 0 atom stereocenters. The second-order valence-corrected chi connectivity index (χ2v) is 8.42. The van der Waals surface area contributed by atoms with Gasteiger partial charge >= 0.3 is 0 Å². The van der Waals surface area contributed by atoms with E-state index in [9.17, 15) is 13.6 Å². The fourth-order valence-electron chi connectivity index (χ4n) is 3.78. The van der Waals surface area contributed by atoms with E-state index in [1.54, 1.807) is 17.4 Å². The molecular weight excluding hydrogens is 356 g/mol. The molecule has 4 nitrogen and oxygen atoms in total. The topological polar surface area (TPSA) is 54.0 Å². The second kappa shape index (κ2) is 7.19. The Bertz CT molecular complexity index is 791. The Kier molecular flexibility index (Phi) is 4.92. The molecule has 0 radical (unpaired) electrons. The summed E-state index contributed by atoms with van der Waals surface area (Å²) in [5, 5.41) is 7.42. The molecule has 2 heterocycles. The molecule has 1 aromatic heterocycles. The van der Waals surface area contributed by atoms with Crippen LogP contribution in [0.1, 0.15) is 59.8 Å². The number of nitrogens with one attached hydrogen (secondary N) is 2. The first kappa shape index (κ1) is 17.8. The molecule has 2 fully saturated rings. The van der Waals surface area contributed by atoms with Gasteiger partial charge in [-0.3, -0.25) is 4.79 Å². The van der Waals surface area contributed by atoms with E-state index < -0.39 is 5.92 Å². The van der Waals surface area contributed by atoms with Crippen LogP contribution in [0.25, 0.3) is 10.2 Å². The molecule has 2 N–H and O–H groups in total. The highest BCUT2D eigenvalue weighted by atomic mass is 32.1. The maximum absolute atomic E-state index is 13.2. The second-order valence-electron chi connectivity index (χ2n) is 7.36. The van der Waals surface area contributed by atoms with Crippen LogP contribution < -0.4 is 10.6 Å². The highest BCUT2D eigenvalue weighted by molar-refractivity contribution is 7.18. The molecule has 2 aromatic rings. The minimum absolute atomic E-state index is 0.147. The molecule has 7 heteroatoms. The highest BCUT2D eigenvalue weighted by Gasteiger charge is 2.35. The van der Waals surface area contributed by atoms with Crippen molar-refractivity contribution < 1.29 is 13.6 Å². The Morgan fingerprint density at radius 3 is 2.65 bits per heavy atom. The number of nitrogens with zero attached hydrogens (tertiary/aromatic N) is 1. The van der Waals surface area contributed by atoms with Crippen molar-refractivity contribution in [2.45, 2.75) is 56.4 Å². The van der Waals surface area contributed by atoms with Gasteiger partial charge in [0.1, 0.15) is 0 Å². The number of halogens is 2. The van der Waals surface area contributed by atoms with Gasteiger partial charge < -0.3 is 10.6 Å². The van der Waals surface area contributed by atoms with Gasteiger partial charge in [0.15, 0.2) is 0 Å². The summed E-state index contributed by atoms with van der Waals surface area (Å²) in [7, 11) is 0. The Morgan fingerprint density at radius 2 is 1.92 bits per heavy atom. The Labute approximate surface area is 155 Å². The molecule has 1 amide bonds. The van der Waals surface area contributed by atoms with E-state index >= 15 is 0 Å². The zero-order valence-electron chi connectivity index (χ0n) is 14.6. The van der Waals surface area contributed by atoms with Crippen molar-refractivity contribution in [2.24, 2.45) is 0 Å². The smallest absolute Gasteiger partial charge is 0.251 e. The van der Waals surface area contributed by atoms with Crippen molar-refractivity contribution in [1.29, 1.82) is 0 Å². The van der Waals surface area contributed by atoms with Crippen LogP contribution in [0.4, 0.5) is 8.78 Å². The third-order valence-electron chi connectivity index (χ3n) is 5.41. The summed E-state index contributed by atoms with van der Waals surface area (Å²) in [6.45, 7) is 2.05. The average Bonchev–Trinajstić information content (AvgIpc) is 3.07. The maximum Gasteiger partial charge on any atom is 0.251 e. The molecule has 1 aliphatic heterocycles. The van der Waals surface area contributed by atoms with E-state index in [4.69, 9.17) is 4.98 Å². The SMILES string of the molecule is O=C(NC1CCC(F)(F)CC1)c1ccc2nc(C3CCNCC3)sc2c1. The largest absolute Gasteiger partial charge is 0.349 e. The van der Waals surface area contributed by atoms with Gasteiger partial charge in [0, 0.05) is 30.4 Å². The fourth-order valence-corrected chi connectivity index (χ4v) is 4.96. The zero-order chi connectivity index (χ0) is 18.1. The summed E-state index contributed by atoms with van der Waals surface area (Å²) in [6, 6.07) is 5.38. The summed E-state index contributed by atoms with van der Waals surface area (Å²) in [4.78, 5) is 17.2. The highest BCUT2D eigenvalue weighted by Crippen LogP contribution is 2.34. The van der Waals surface area contributed by atoms with E-state index in [-0.39, 0.29) is 24.8 Å². The maximum atomic E-state index is 13.2. The third-order valence-corrected chi connectivity index (χ3v) is 6.59. The van der Waals surface area contributed by atoms with E-state index in [0.29, 0.717) is 24.3 Å². The number of carbonyl (C=O) groups excluding carboxylic acids is 1. The molecule has 26 heavy (non-hydrogen) atoms. The quantitative estimate of drug-likeness (QED) is 0.845. The number of hydrogen-bond donors (Lipinski definition) is 2. The van der Waals surface area contributed by atoms with Crippen molar-refractivity contribution >= 4 is 27.5 Å². The Hall–Kier alpha value is -1.60. The third kappa shape index (κ3) is 3.88. The molecular formula is C19H23F2N3OS. The minimum Gasteiger partial charge on any atom is -0.349 e. The lowest BCUT2D eigenvalue weighted by atomic mass is 9.92. The number of hydrogen-bond acceptors (Lipinski definition) is 4. The van der Waals surface area contributed by atoms with E-state index in [2.05, 4.69) is 10.6 Å². The Balaban J connectivity index is 1.45. The van der Waals surface area contributed by atoms with Crippen LogP contribution in [0.2, 0.25) is 0 Å².